The van der Waals surface area contributed by atoms with Gasteiger partial charge in [-0.3, -0.25) is 0 Å². The molecule has 3 unspecified atom stereocenters. The summed E-state index contributed by atoms with van der Waals surface area (Å²) in [5.74, 6) is 1.91. The number of carbonyl (C=O) groups is 1. The average molecular weight is 539 g/mol. The molecule has 1 aliphatic rings. The van der Waals surface area contributed by atoms with Gasteiger partial charge in [-0.05, 0) is 0 Å². The second-order valence-electron chi connectivity index (χ2n) is 9.06. The first kappa shape index (κ1) is 23.8. The third-order valence-electron chi connectivity index (χ3n) is 7.29. The summed E-state index contributed by atoms with van der Waals surface area (Å²) in [5, 5.41) is 0.791. The number of aryl methyl sites for hydroxylation is 1. The van der Waals surface area contributed by atoms with Crippen LogP contribution in [-0.2, 0) is 4.79 Å². The summed E-state index contributed by atoms with van der Waals surface area (Å²) in [7, 11) is 0. The summed E-state index contributed by atoms with van der Waals surface area (Å²) in [4.78, 5) is 16.1. The van der Waals surface area contributed by atoms with Crippen molar-refractivity contribution in [1.29, 1.82) is 0 Å². The number of alkyl halides is 3. The molecule has 30 heavy (non-hydrogen) atoms. The molecule has 1 saturated carbocycles. The van der Waals surface area contributed by atoms with Crippen LogP contribution in [0.4, 0.5) is 0 Å². The molecule has 0 spiro atoms. The number of ketones is 1. The van der Waals surface area contributed by atoms with Crippen molar-refractivity contribution >= 4 is 37.2 Å². The van der Waals surface area contributed by atoms with Crippen LogP contribution in [-0.4, -0.2) is 14.1 Å². The molecule has 164 valence electrons. The van der Waals surface area contributed by atoms with Crippen molar-refractivity contribution in [3.8, 4) is 0 Å². The standard InChI is InChI=1S/C27H36ClIO/c1-6-25(30)27(16-14-19(2)20(3)15-17-27)29(5)26(22-10-8-7-9-11-22)24-18-23(28)13-12-21(24)4/h7-13,18-20,26H,6,14-17H2,1-5H3/t19-,20?,26?,27?/m0/s1. The van der Waals surface area contributed by atoms with Gasteiger partial charge in [-0.25, -0.2) is 0 Å². The number of hydrogen-bond donors (Lipinski definition) is 0. The molecule has 0 aliphatic heterocycles. The number of benzene rings is 2. The molecule has 1 aliphatic carbocycles. The van der Waals surface area contributed by atoms with E-state index < -0.39 is 19.8 Å². The number of rotatable bonds is 6. The second-order valence-corrected chi connectivity index (χ2v) is 15.8. The molecular weight excluding hydrogens is 503 g/mol. The molecule has 3 rings (SSSR count). The molecular formula is C27H36ClIO. The van der Waals surface area contributed by atoms with Crippen molar-refractivity contribution in [2.75, 3.05) is 4.93 Å². The Bertz CT molecular complexity index is 850. The first-order valence-corrected chi connectivity index (χ1v) is 16.1. The van der Waals surface area contributed by atoms with E-state index >= 15 is 0 Å². The molecule has 0 heterocycles. The molecule has 0 aromatic heterocycles. The Kier molecular flexibility index (Phi) is 8.06. The summed E-state index contributed by atoms with van der Waals surface area (Å²) < 4.78 is 0.195. The van der Waals surface area contributed by atoms with Crippen LogP contribution in [0.25, 0.3) is 0 Å². The van der Waals surface area contributed by atoms with Crippen molar-refractivity contribution in [1.82, 2.24) is 0 Å². The molecule has 0 bridgehead atoms. The van der Waals surface area contributed by atoms with E-state index in [0.717, 1.165) is 17.9 Å². The first-order valence-electron chi connectivity index (χ1n) is 11.2. The maximum absolute atomic E-state index is 13.6. The van der Waals surface area contributed by atoms with Crippen LogP contribution in [0, 0.1) is 18.8 Å². The van der Waals surface area contributed by atoms with Gasteiger partial charge < -0.3 is 0 Å². The monoisotopic (exact) mass is 538 g/mol. The van der Waals surface area contributed by atoms with Crippen molar-refractivity contribution in [3.63, 3.8) is 0 Å². The Balaban J connectivity index is 2.15. The Morgan fingerprint density at radius 1 is 1.10 bits per heavy atom. The van der Waals surface area contributed by atoms with Gasteiger partial charge in [0.25, 0.3) is 0 Å². The van der Waals surface area contributed by atoms with E-state index in [1.807, 2.05) is 6.07 Å². The minimum absolute atomic E-state index is 0.118. The van der Waals surface area contributed by atoms with Gasteiger partial charge in [0.1, 0.15) is 0 Å². The molecule has 1 nitrogen and oxygen atoms in total. The topological polar surface area (TPSA) is 17.1 Å². The van der Waals surface area contributed by atoms with E-state index in [0.29, 0.717) is 28.0 Å². The molecule has 3 heteroatoms. The Labute approximate surface area is 195 Å². The van der Waals surface area contributed by atoms with E-state index in [4.69, 9.17) is 11.6 Å². The molecule has 0 radical (unpaired) electrons. The third-order valence-corrected chi connectivity index (χ3v) is 15.7. The molecule has 4 atom stereocenters. The quantitative estimate of drug-likeness (QED) is 0.205. The van der Waals surface area contributed by atoms with Crippen molar-refractivity contribution in [2.24, 2.45) is 11.8 Å². The summed E-state index contributed by atoms with van der Waals surface area (Å²) in [5.41, 5.74) is 3.96. The van der Waals surface area contributed by atoms with Crippen LogP contribution in [0.5, 0.6) is 0 Å². The van der Waals surface area contributed by atoms with Gasteiger partial charge in [0.05, 0.1) is 0 Å². The summed E-state index contributed by atoms with van der Waals surface area (Å²) in [6, 6.07) is 17.2. The van der Waals surface area contributed by atoms with E-state index in [-0.39, 0.29) is 3.42 Å². The zero-order valence-corrected chi connectivity index (χ0v) is 22.0. The number of hydrogen-bond acceptors (Lipinski definition) is 1. The molecule has 2 aromatic rings. The molecule has 0 N–H and O–H groups in total. The summed E-state index contributed by atoms with van der Waals surface area (Å²) in [6.07, 6.45) is 5.13. The van der Waals surface area contributed by atoms with E-state index in [1.54, 1.807) is 0 Å². The van der Waals surface area contributed by atoms with Crippen molar-refractivity contribution < 1.29 is 4.79 Å². The third kappa shape index (κ3) is 4.80. The molecule has 1 fully saturated rings. The van der Waals surface area contributed by atoms with E-state index in [9.17, 15) is 4.79 Å². The average Bonchev–Trinajstić information content (AvgIpc) is 2.90. The van der Waals surface area contributed by atoms with Crippen LogP contribution in [0.2, 0.25) is 5.02 Å². The van der Waals surface area contributed by atoms with Crippen molar-refractivity contribution in [2.45, 2.75) is 67.1 Å². The normalized spacial score (nSPS) is 26.0. The summed E-state index contributed by atoms with van der Waals surface area (Å²) in [6.45, 7) is 9.01. The van der Waals surface area contributed by atoms with Crippen LogP contribution in [0.1, 0.15) is 73.5 Å². The van der Waals surface area contributed by atoms with Gasteiger partial charge in [0.15, 0.2) is 0 Å². The van der Waals surface area contributed by atoms with Crippen LogP contribution in [0.3, 0.4) is 0 Å². The Hall–Kier alpha value is -0.870. The van der Waals surface area contributed by atoms with Gasteiger partial charge in [-0.2, -0.15) is 0 Å². The fraction of sp³-hybridized carbons (Fsp3) is 0.519. The Morgan fingerprint density at radius 3 is 2.27 bits per heavy atom. The van der Waals surface area contributed by atoms with Gasteiger partial charge in [-0.1, -0.05) is 0 Å². The summed E-state index contributed by atoms with van der Waals surface area (Å²) >= 11 is 4.64. The zero-order valence-electron chi connectivity index (χ0n) is 19.1. The molecule has 0 saturated heterocycles. The molecule has 2 aromatic carbocycles. The number of halogens is 2. The number of carbonyl (C=O) groups excluding carboxylic acids is 1. The fourth-order valence-corrected chi connectivity index (χ4v) is 13.1. The van der Waals surface area contributed by atoms with Gasteiger partial charge in [-0.15, -0.1) is 0 Å². The van der Waals surface area contributed by atoms with E-state index in [2.05, 4.69) is 75.1 Å². The SMILES string of the molecule is CCC(=O)C1(I(C)C(c2ccccc2)c2cc(Cl)ccc2C)CCC(C)[C@@H](C)CC1. The van der Waals surface area contributed by atoms with Crippen LogP contribution >= 0.6 is 31.4 Å². The van der Waals surface area contributed by atoms with Gasteiger partial charge in [0.2, 0.25) is 0 Å². The maximum atomic E-state index is 13.6. The van der Waals surface area contributed by atoms with E-state index in [1.165, 1.54) is 29.5 Å². The van der Waals surface area contributed by atoms with Crippen molar-refractivity contribution in [3.05, 3.63) is 70.2 Å². The zero-order chi connectivity index (χ0) is 21.9. The fourth-order valence-electron chi connectivity index (χ4n) is 4.93. The first-order chi connectivity index (χ1) is 14.3. The van der Waals surface area contributed by atoms with Gasteiger partial charge >= 0.3 is 196 Å². The molecule has 0 amide bonds. The van der Waals surface area contributed by atoms with Crippen LogP contribution < -0.4 is 0 Å². The number of Topliss-reactive ketones (excluding diaryl/α,β-unsaturated/α-hetero) is 1. The second kappa shape index (κ2) is 10.2. The van der Waals surface area contributed by atoms with Gasteiger partial charge in [0, 0.05) is 0 Å². The minimum atomic E-state index is -1.84. The Morgan fingerprint density at radius 2 is 1.70 bits per heavy atom. The predicted molar refractivity (Wildman–Crippen MR) is 139 cm³/mol. The van der Waals surface area contributed by atoms with Crippen LogP contribution in [0.15, 0.2) is 48.5 Å². The predicted octanol–water partition coefficient (Wildman–Crippen LogP) is 8.44.